The number of hydrogen-bond donors (Lipinski definition) is 4. The lowest BCUT2D eigenvalue weighted by atomic mass is 9.41. The van der Waals surface area contributed by atoms with Crippen molar-refractivity contribution in [3.8, 4) is 0 Å². The van der Waals surface area contributed by atoms with Gasteiger partial charge in [0.2, 0.25) is 0 Å². The van der Waals surface area contributed by atoms with Crippen LogP contribution in [0.15, 0.2) is 11.6 Å². The third-order valence-electron chi connectivity index (χ3n) is 12.6. The van der Waals surface area contributed by atoms with Crippen molar-refractivity contribution < 1.29 is 25.2 Å². The molecule has 0 spiro atoms. The Morgan fingerprint density at radius 2 is 1.69 bits per heavy atom. The highest BCUT2D eigenvalue weighted by Crippen LogP contribution is 2.73. The number of allylic oxidation sites excluding steroid dienone is 2. The summed E-state index contributed by atoms with van der Waals surface area (Å²) in [5.74, 6) is 1.44. The standard InChI is InChI=1S/C30H50O5/c1-26(2)21-9-8-20-19(28(21,5)13-12-22(26)31)11-15-29(6)18(10-14-30(20,29)7)17-16-23(32)35-24(17)25(33)27(3,4)34/h8,17-19,21-25,31-34H,9-16H2,1-7H3/t17-,18?,19+,21+,22+,23-,24-,25+,28-,29+,30-/m1/s1. The van der Waals surface area contributed by atoms with Crippen LogP contribution in [0.3, 0.4) is 0 Å². The minimum Gasteiger partial charge on any atom is -0.393 e. The first-order valence-corrected chi connectivity index (χ1v) is 14.2. The first-order valence-electron chi connectivity index (χ1n) is 14.2. The van der Waals surface area contributed by atoms with Gasteiger partial charge < -0.3 is 25.2 Å². The molecular formula is C30H50O5. The van der Waals surface area contributed by atoms with Crippen molar-refractivity contribution >= 4 is 0 Å². The molecule has 0 radical (unpaired) electrons. The van der Waals surface area contributed by atoms with Crippen molar-refractivity contribution in [3.63, 3.8) is 0 Å². The molecule has 0 aromatic rings. The summed E-state index contributed by atoms with van der Waals surface area (Å²) in [4.78, 5) is 0. The maximum absolute atomic E-state index is 11.0. The highest BCUT2D eigenvalue weighted by Gasteiger charge is 2.67. The van der Waals surface area contributed by atoms with Gasteiger partial charge in [0, 0.05) is 6.42 Å². The van der Waals surface area contributed by atoms with Crippen LogP contribution in [-0.2, 0) is 4.74 Å². The van der Waals surface area contributed by atoms with Gasteiger partial charge in [-0.05, 0) is 104 Å². The molecule has 4 fully saturated rings. The fraction of sp³-hybridized carbons (Fsp3) is 0.933. The average Bonchev–Trinajstić information content (AvgIpc) is 3.26. The van der Waals surface area contributed by atoms with E-state index in [1.54, 1.807) is 19.4 Å². The summed E-state index contributed by atoms with van der Waals surface area (Å²) >= 11 is 0. The van der Waals surface area contributed by atoms with Gasteiger partial charge >= 0.3 is 0 Å². The molecule has 11 atom stereocenters. The summed E-state index contributed by atoms with van der Waals surface area (Å²) < 4.78 is 5.87. The molecule has 4 aliphatic carbocycles. The van der Waals surface area contributed by atoms with E-state index in [0.29, 0.717) is 24.2 Å². The van der Waals surface area contributed by atoms with Crippen molar-refractivity contribution in [2.24, 2.45) is 45.3 Å². The van der Waals surface area contributed by atoms with E-state index in [1.165, 1.54) is 6.42 Å². The molecule has 0 bridgehead atoms. The van der Waals surface area contributed by atoms with Crippen LogP contribution in [0.4, 0.5) is 0 Å². The molecule has 5 heteroatoms. The average molecular weight is 491 g/mol. The summed E-state index contributed by atoms with van der Waals surface area (Å²) in [6.45, 7) is 15.3. The van der Waals surface area contributed by atoms with Crippen LogP contribution in [0.1, 0.15) is 99.8 Å². The molecule has 0 aromatic heterocycles. The second-order valence-electron chi connectivity index (χ2n) is 14.9. The molecular weight excluding hydrogens is 440 g/mol. The molecule has 1 aliphatic heterocycles. The van der Waals surface area contributed by atoms with E-state index >= 15 is 0 Å². The highest BCUT2D eigenvalue weighted by molar-refractivity contribution is 5.33. The quantitative estimate of drug-likeness (QED) is 0.427. The Morgan fingerprint density at radius 3 is 2.34 bits per heavy atom. The Labute approximate surface area is 212 Å². The van der Waals surface area contributed by atoms with Gasteiger partial charge in [0.15, 0.2) is 6.29 Å². The third-order valence-corrected chi connectivity index (χ3v) is 12.6. The van der Waals surface area contributed by atoms with E-state index in [4.69, 9.17) is 4.74 Å². The van der Waals surface area contributed by atoms with Crippen molar-refractivity contribution in [3.05, 3.63) is 11.6 Å². The predicted octanol–water partition coefficient (Wildman–Crippen LogP) is 4.81. The van der Waals surface area contributed by atoms with E-state index in [2.05, 4.69) is 40.7 Å². The topological polar surface area (TPSA) is 90.2 Å². The van der Waals surface area contributed by atoms with E-state index in [9.17, 15) is 20.4 Å². The molecule has 5 rings (SSSR count). The number of ether oxygens (including phenoxy) is 1. The highest BCUT2D eigenvalue weighted by atomic mass is 16.6. The van der Waals surface area contributed by atoms with Crippen LogP contribution in [0.5, 0.6) is 0 Å². The second-order valence-corrected chi connectivity index (χ2v) is 14.9. The van der Waals surface area contributed by atoms with Crippen LogP contribution < -0.4 is 0 Å². The fourth-order valence-corrected chi connectivity index (χ4v) is 10.2. The fourth-order valence-electron chi connectivity index (χ4n) is 10.2. The van der Waals surface area contributed by atoms with Gasteiger partial charge in [-0.15, -0.1) is 0 Å². The molecule has 5 aliphatic rings. The number of aliphatic hydroxyl groups excluding tert-OH is 3. The van der Waals surface area contributed by atoms with Gasteiger partial charge in [-0.25, -0.2) is 0 Å². The van der Waals surface area contributed by atoms with Crippen LogP contribution in [0.2, 0.25) is 0 Å². The molecule has 3 saturated carbocycles. The van der Waals surface area contributed by atoms with Gasteiger partial charge in [-0.2, -0.15) is 0 Å². The number of fused-ring (bicyclic) bond motifs is 5. The minimum atomic E-state index is -1.28. The van der Waals surface area contributed by atoms with Crippen molar-refractivity contribution in [1.82, 2.24) is 0 Å². The molecule has 200 valence electrons. The predicted molar refractivity (Wildman–Crippen MR) is 136 cm³/mol. The van der Waals surface area contributed by atoms with Crippen LogP contribution in [0.25, 0.3) is 0 Å². The SMILES string of the molecule is CC(C)(O)[C@@H](O)[C@@H]1O[C@@H](O)C[C@@H]1C1CC[C@]2(C)C3=CC[C@H]4C(C)(C)[C@@H](O)CC[C@]4(C)[C@H]3CC[C@@]12C. The largest absolute Gasteiger partial charge is 0.393 e. The molecule has 5 nitrogen and oxygen atoms in total. The first-order chi connectivity index (χ1) is 16.1. The summed E-state index contributed by atoms with van der Waals surface area (Å²) in [5.41, 5.74) is 0.693. The summed E-state index contributed by atoms with van der Waals surface area (Å²) in [6, 6.07) is 0. The molecule has 4 N–H and O–H groups in total. The Hall–Kier alpha value is -0.460. The van der Waals surface area contributed by atoms with Crippen molar-refractivity contribution in [2.45, 2.75) is 130 Å². The third kappa shape index (κ3) is 3.51. The van der Waals surface area contributed by atoms with Gasteiger partial charge in [0.05, 0.1) is 17.8 Å². The number of rotatable bonds is 3. The first kappa shape index (κ1) is 26.2. The molecule has 35 heavy (non-hydrogen) atoms. The lowest BCUT2D eigenvalue weighted by Crippen LogP contribution is -2.58. The van der Waals surface area contributed by atoms with Gasteiger partial charge in [-0.1, -0.05) is 46.3 Å². The molecule has 1 unspecified atom stereocenters. The second kappa shape index (κ2) is 8.02. The van der Waals surface area contributed by atoms with Gasteiger partial charge in [-0.3, -0.25) is 0 Å². The van der Waals surface area contributed by atoms with E-state index < -0.39 is 24.1 Å². The summed E-state index contributed by atoms with van der Waals surface area (Å²) in [6.07, 6.45) is 7.98. The van der Waals surface area contributed by atoms with Gasteiger partial charge in [0.1, 0.15) is 6.10 Å². The van der Waals surface area contributed by atoms with Crippen LogP contribution in [0, 0.1) is 45.3 Å². The Bertz CT molecular complexity index is 874. The van der Waals surface area contributed by atoms with Crippen LogP contribution >= 0.6 is 0 Å². The van der Waals surface area contributed by atoms with Crippen molar-refractivity contribution in [1.29, 1.82) is 0 Å². The smallest absolute Gasteiger partial charge is 0.155 e. The molecule has 1 heterocycles. The Kier molecular flexibility index (Phi) is 6.00. The maximum atomic E-state index is 11.0. The van der Waals surface area contributed by atoms with E-state index in [-0.39, 0.29) is 33.7 Å². The maximum Gasteiger partial charge on any atom is 0.155 e. The Balaban J connectivity index is 1.48. The lowest BCUT2D eigenvalue weighted by molar-refractivity contribution is -0.171. The Morgan fingerprint density at radius 1 is 1.00 bits per heavy atom. The van der Waals surface area contributed by atoms with E-state index in [0.717, 1.165) is 38.5 Å². The summed E-state index contributed by atoms with van der Waals surface area (Å²) in [7, 11) is 0. The summed E-state index contributed by atoms with van der Waals surface area (Å²) in [5, 5.41) is 42.8. The zero-order valence-electron chi connectivity index (χ0n) is 23.1. The van der Waals surface area contributed by atoms with Gasteiger partial charge in [0.25, 0.3) is 0 Å². The number of aliphatic hydroxyl groups is 4. The van der Waals surface area contributed by atoms with Crippen molar-refractivity contribution in [2.75, 3.05) is 0 Å². The zero-order chi connectivity index (χ0) is 25.8. The molecule has 1 saturated heterocycles. The lowest BCUT2D eigenvalue weighted by Gasteiger charge is -2.64. The molecule has 0 amide bonds. The minimum absolute atomic E-state index is 0.0334. The number of hydrogen-bond acceptors (Lipinski definition) is 5. The van der Waals surface area contributed by atoms with E-state index in [1.807, 2.05) is 0 Å². The molecule has 0 aromatic carbocycles. The monoisotopic (exact) mass is 490 g/mol. The normalized spacial score (nSPS) is 52.3. The van der Waals surface area contributed by atoms with Crippen LogP contribution in [-0.4, -0.2) is 50.6 Å². The zero-order valence-corrected chi connectivity index (χ0v) is 23.1.